The van der Waals surface area contributed by atoms with E-state index in [-0.39, 0.29) is 6.10 Å². The lowest BCUT2D eigenvalue weighted by molar-refractivity contribution is 0.0420. The highest BCUT2D eigenvalue weighted by Gasteiger charge is 2.15. The molecule has 2 N–H and O–H groups in total. The number of guanidine groups is 1. The Morgan fingerprint density at radius 1 is 1.33 bits per heavy atom. The van der Waals surface area contributed by atoms with Gasteiger partial charge in [0.05, 0.1) is 26.9 Å². The maximum absolute atomic E-state index is 11.7. The van der Waals surface area contributed by atoms with Gasteiger partial charge in [-0.2, -0.15) is 0 Å². The van der Waals surface area contributed by atoms with Crippen molar-refractivity contribution in [1.29, 1.82) is 0 Å². The fourth-order valence-electron chi connectivity index (χ4n) is 2.70. The fraction of sp³-hybridized carbons (Fsp3) is 0.579. The van der Waals surface area contributed by atoms with Crippen LogP contribution in [0.5, 0.6) is 5.75 Å². The second-order valence-electron chi connectivity index (χ2n) is 6.09. The number of benzene rings is 1. The number of rotatable bonds is 9. The Labute approximate surface area is 160 Å². The zero-order chi connectivity index (χ0) is 19.5. The molecule has 0 radical (unpaired) electrons. The van der Waals surface area contributed by atoms with Gasteiger partial charge in [-0.1, -0.05) is 6.07 Å². The number of carbonyl (C=O) groups excluding carboxylic acids is 1. The van der Waals surface area contributed by atoms with Crippen LogP contribution in [0.25, 0.3) is 0 Å². The number of nitrogens with one attached hydrogen (secondary N) is 2. The summed E-state index contributed by atoms with van der Waals surface area (Å²) in [5.41, 5.74) is 1.37. The van der Waals surface area contributed by atoms with Gasteiger partial charge < -0.3 is 29.6 Å². The molecule has 1 aliphatic rings. The molecule has 2 rings (SSSR count). The molecule has 0 bridgehead atoms. The first-order valence-corrected chi connectivity index (χ1v) is 9.07. The zero-order valence-electron chi connectivity index (χ0n) is 16.2. The van der Waals surface area contributed by atoms with E-state index >= 15 is 0 Å². The predicted octanol–water partition coefficient (Wildman–Crippen LogP) is 1.34. The molecular weight excluding hydrogens is 350 g/mol. The number of ether oxygens (including phenoxy) is 4. The molecule has 8 nitrogen and oxygen atoms in total. The summed E-state index contributed by atoms with van der Waals surface area (Å²) in [6, 6.07) is 5.36. The summed E-state index contributed by atoms with van der Waals surface area (Å²) >= 11 is 0. The molecule has 1 unspecified atom stereocenters. The van der Waals surface area contributed by atoms with Crippen LogP contribution in [0.15, 0.2) is 23.2 Å². The maximum Gasteiger partial charge on any atom is 0.341 e. The van der Waals surface area contributed by atoms with Crippen molar-refractivity contribution >= 4 is 11.9 Å². The lowest BCUT2D eigenvalue weighted by Gasteiger charge is -2.14. The minimum absolute atomic E-state index is 0.241. The van der Waals surface area contributed by atoms with Gasteiger partial charge in [0.1, 0.15) is 11.3 Å². The Balaban J connectivity index is 1.73. The summed E-state index contributed by atoms with van der Waals surface area (Å²) in [6.45, 7) is 3.51. The van der Waals surface area contributed by atoms with E-state index in [2.05, 4.69) is 15.6 Å². The average molecular weight is 379 g/mol. The molecule has 0 saturated carbocycles. The second-order valence-corrected chi connectivity index (χ2v) is 6.09. The summed E-state index contributed by atoms with van der Waals surface area (Å²) in [4.78, 5) is 15.9. The van der Waals surface area contributed by atoms with Crippen molar-refractivity contribution < 1.29 is 23.7 Å². The van der Waals surface area contributed by atoms with Crippen molar-refractivity contribution in [3.8, 4) is 5.75 Å². The lowest BCUT2D eigenvalue weighted by atomic mass is 10.1. The van der Waals surface area contributed by atoms with Gasteiger partial charge in [-0.3, -0.25) is 4.99 Å². The molecule has 1 saturated heterocycles. The molecule has 27 heavy (non-hydrogen) atoms. The Bertz CT molecular complexity index is 630. The molecule has 1 aliphatic heterocycles. The third-order valence-corrected chi connectivity index (χ3v) is 4.21. The van der Waals surface area contributed by atoms with E-state index in [1.807, 2.05) is 12.1 Å². The first-order chi connectivity index (χ1) is 13.2. The Kier molecular flexibility index (Phi) is 8.86. The van der Waals surface area contributed by atoms with Gasteiger partial charge in [0, 0.05) is 33.4 Å². The molecular formula is C19H29N3O5. The van der Waals surface area contributed by atoms with E-state index in [1.165, 1.54) is 14.2 Å². The van der Waals surface area contributed by atoms with Gasteiger partial charge in [0.15, 0.2) is 5.96 Å². The van der Waals surface area contributed by atoms with E-state index in [4.69, 9.17) is 18.9 Å². The first kappa shape index (κ1) is 21.0. The summed E-state index contributed by atoms with van der Waals surface area (Å²) in [5.74, 6) is 0.766. The van der Waals surface area contributed by atoms with Crippen LogP contribution in [0.3, 0.4) is 0 Å². The maximum atomic E-state index is 11.7. The Morgan fingerprint density at radius 2 is 2.19 bits per heavy atom. The predicted molar refractivity (Wildman–Crippen MR) is 102 cm³/mol. The lowest BCUT2D eigenvalue weighted by Crippen LogP contribution is -2.37. The van der Waals surface area contributed by atoms with Crippen LogP contribution in [0.4, 0.5) is 0 Å². The number of nitrogens with zero attached hydrogens (tertiary/aromatic N) is 1. The molecule has 0 aromatic heterocycles. The van der Waals surface area contributed by atoms with Crippen LogP contribution in [-0.2, 0) is 20.8 Å². The topological polar surface area (TPSA) is 90.4 Å². The van der Waals surface area contributed by atoms with Crippen LogP contribution in [-0.4, -0.2) is 65.7 Å². The Morgan fingerprint density at radius 3 is 2.85 bits per heavy atom. The third kappa shape index (κ3) is 6.73. The summed E-state index contributed by atoms with van der Waals surface area (Å²) in [5, 5.41) is 6.49. The quantitative estimate of drug-likeness (QED) is 0.290. The molecule has 0 spiro atoms. The molecule has 1 heterocycles. The van der Waals surface area contributed by atoms with E-state index < -0.39 is 5.97 Å². The van der Waals surface area contributed by atoms with E-state index in [0.29, 0.717) is 37.0 Å². The average Bonchev–Trinajstić information content (AvgIpc) is 3.22. The van der Waals surface area contributed by atoms with Crippen molar-refractivity contribution in [1.82, 2.24) is 10.6 Å². The standard InChI is InChI=1S/C19H29N3O5/c1-20-19(21-8-4-9-27-15-7-10-26-13-15)22-12-14-5-6-16(18(23)25-3)17(11-14)24-2/h5-6,11,15H,4,7-10,12-13H2,1-3H3,(H2,20,21,22). The van der Waals surface area contributed by atoms with Crippen molar-refractivity contribution in [2.45, 2.75) is 25.5 Å². The highest BCUT2D eigenvalue weighted by atomic mass is 16.5. The van der Waals surface area contributed by atoms with Crippen molar-refractivity contribution in [3.05, 3.63) is 29.3 Å². The monoisotopic (exact) mass is 379 g/mol. The highest BCUT2D eigenvalue weighted by molar-refractivity contribution is 5.92. The van der Waals surface area contributed by atoms with E-state index in [9.17, 15) is 4.79 Å². The molecule has 1 fully saturated rings. The van der Waals surface area contributed by atoms with Crippen molar-refractivity contribution in [2.75, 3.05) is 47.6 Å². The smallest absolute Gasteiger partial charge is 0.341 e. The summed E-state index contributed by atoms with van der Waals surface area (Å²) in [6.07, 6.45) is 2.11. The summed E-state index contributed by atoms with van der Waals surface area (Å²) < 4.78 is 21.0. The number of carbonyl (C=O) groups is 1. The van der Waals surface area contributed by atoms with Crippen LogP contribution < -0.4 is 15.4 Å². The molecule has 0 aliphatic carbocycles. The van der Waals surface area contributed by atoms with Gasteiger partial charge in [-0.25, -0.2) is 4.79 Å². The minimum Gasteiger partial charge on any atom is -0.496 e. The number of aliphatic imine (C=N–C) groups is 1. The van der Waals surface area contributed by atoms with Gasteiger partial charge in [-0.05, 0) is 30.5 Å². The molecule has 1 atom stereocenters. The highest BCUT2D eigenvalue weighted by Crippen LogP contribution is 2.21. The SMILES string of the molecule is CN=C(NCCCOC1CCOC1)NCc1ccc(C(=O)OC)c(OC)c1. The minimum atomic E-state index is -0.421. The van der Waals surface area contributed by atoms with Crippen LogP contribution in [0.2, 0.25) is 0 Å². The fourth-order valence-corrected chi connectivity index (χ4v) is 2.70. The number of hydrogen-bond acceptors (Lipinski definition) is 6. The van der Waals surface area contributed by atoms with Gasteiger partial charge in [0.25, 0.3) is 0 Å². The zero-order valence-corrected chi connectivity index (χ0v) is 16.2. The molecule has 1 aromatic carbocycles. The van der Waals surface area contributed by atoms with Crippen molar-refractivity contribution in [3.63, 3.8) is 0 Å². The van der Waals surface area contributed by atoms with Gasteiger partial charge >= 0.3 is 5.97 Å². The van der Waals surface area contributed by atoms with E-state index in [0.717, 1.165) is 31.6 Å². The molecule has 0 amide bonds. The largest absolute Gasteiger partial charge is 0.496 e. The Hall–Kier alpha value is -2.32. The third-order valence-electron chi connectivity index (χ3n) is 4.21. The summed E-state index contributed by atoms with van der Waals surface area (Å²) in [7, 11) is 4.60. The molecule has 150 valence electrons. The molecule has 8 heteroatoms. The van der Waals surface area contributed by atoms with Crippen LogP contribution in [0.1, 0.15) is 28.8 Å². The number of methoxy groups -OCH3 is 2. The van der Waals surface area contributed by atoms with Crippen molar-refractivity contribution in [2.24, 2.45) is 4.99 Å². The van der Waals surface area contributed by atoms with Gasteiger partial charge in [0.2, 0.25) is 0 Å². The van der Waals surface area contributed by atoms with Gasteiger partial charge in [-0.15, -0.1) is 0 Å². The second kappa shape index (κ2) is 11.4. The number of hydrogen-bond donors (Lipinski definition) is 2. The number of esters is 1. The molecule has 1 aromatic rings. The van der Waals surface area contributed by atoms with E-state index in [1.54, 1.807) is 13.1 Å². The normalized spacial score (nSPS) is 16.9. The van der Waals surface area contributed by atoms with Crippen LogP contribution >= 0.6 is 0 Å². The van der Waals surface area contributed by atoms with Crippen LogP contribution in [0, 0.1) is 0 Å². The first-order valence-electron chi connectivity index (χ1n) is 9.07.